The molecule has 7 nitrogen and oxygen atoms in total. The highest BCUT2D eigenvalue weighted by Gasteiger charge is 2.13. The van der Waals surface area contributed by atoms with Gasteiger partial charge in [0.05, 0.1) is 15.5 Å². The maximum absolute atomic E-state index is 10.6. The van der Waals surface area contributed by atoms with Crippen LogP contribution in [0.25, 0.3) is 0 Å². The second-order valence-electron chi connectivity index (χ2n) is 3.66. The smallest absolute Gasteiger partial charge is 0.271 e. The monoisotopic (exact) mass is 280 g/mol. The Labute approximate surface area is 113 Å². The van der Waals surface area contributed by atoms with Crippen LogP contribution in [0.4, 0.5) is 11.5 Å². The quantitative estimate of drug-likeness (QED) is 0.684. The van der Waals surface area contributed by atoms with Crippen LogP contribution in [0, 0.1) is 17.0 Å². The van der Waals surface area contributed by atoms with Gasteiger partial charge in [-0.15, -0.1) is 0 Å². The van der Waals surface area contributed by atoms with Gasteiger partial charge in [0.2, 0.25) is 5.88 Å². The summed E-state index contributed by atoms with van der Waals surface area (Å²) in [7, 11) is 0. The molecule has 98 valence electrons. The molecule has 2 rings (SSSR count). The molecular formula is C11H9ClN4O3. The number of nitrogens with zero attached hydrogens (tertiary/aromatic N) is 3. The summed E-state index contributed by atoms with van der Waals surface area (Å²) in [4.78, 5) is 17.8. The van der Waals surface area contributed by atoms with Crippen LogP contribution >= 0.6 is 11.6 Å². The molecule has 0 aliphatic carbocycles. The largest absolute Gasteiger partial charge is 0.437 e. The van der Waals surface area contributed by atoms with Crippen LogP contribution < -0.4 is 10.5 Å². The van der Waals surface area contributed by atoms with E-state index in [0.29, 0.717) is 11.4 Å². The van der Waals surface area contributed by atoms with Crippen molar-refractivity contribution in [3.63, 3.8) is 0 Å². The van der Waals surface area contributed by atoms with Crippen molar-refractivity contribution < 1.29 is 9.66 Å². The molecule has 19 heavy (non-hydrogen) atoms. The summed E-state index contributed by atoms with van der Waals surface area (Å²) in [5.41, 5.74) is 6.07. The van der Waals surface area contributed by atoms with Crippen molar-refractivity contribution in [1.29, 1.82) is 0 Å². The van der Waals surface area contributed by atoms with E-state index < -0.39 is 4.92 Å². The molecule has 1 aromatic heterocycles. The molecule has 2 aromatic rings. The average molecular weight is 281 g/mol. The lowest BCUT2D eigenvalue weighted by Gasteiger charge is -2.09. The number of rotatable bonds is 3. The number of nitrogen functional groups attached to an aromatic ring is 1. The van der Waals surface area contributed by atoms with Gasteiger partial charge >= 0.3 is 0 Å². The Bertz CT molecular complexity index is 648. The average Bonchev–Trinajstić information content (AvgIpc) is 2.37. The van der Waals surface area contributed by atoms with E-state index in [1.165, 1.54) is 24.5 Å². The summed E-state index contributed by atoms with van der Waals surface area (Å²) in [6.07, 6.45) is 1.26. The molecule has 0 amide bonds. The molecular weight excluding hydrogens is 272 g/mol. The minimum absolute atomic E-state index is 0.115. The summed E-state index contributed by atoms with van der Waals surface area (Å²) in [6, 6.07) is 3.90. The Morgan fingerprint density at radius 2 is 2.16 bits per heavy atom. The molecule has 0 atom stereocenters. The normalized spacial score (nSPS) is 10.2. The number of hydrogen-bond acceptors (Lipinski definition) is 6. The third-order valence-corrected chi connectivity index (χ3v) is 2.71. The van der Waals surface area contributed by atoms with Gasteiger partial charge in [-0.2, -0.15) is 0 Å². The second-order valence-corrected chi connectivity index (χ2v) is 4.07. The first kappa shape index (κ1) is 13.0. The first-order chi connectivity index (χ1) is 8.99. The van der Waals surface area contributed by atoms with Gasteiger partial charge in [0, 0.05) is 12.1 Å². The molecule has 0 aliphatic rings. The second kappa shape index (κ2) is 5.07. The number of halogens is 1. The third-order valence-electron chi connectivity index (χ3n) is 2.41. The van der Waals surface area contributed by atoms with Gasteiger partial charge < -0.3 is 10.5 Å². The van der Waals surface area contributed by atoms with Gasteiger partial charge in [-0.3, -0.25) is 10.1 Å². The van der Waals surface area contributed by atoms with E-state index in [-0.39, 0.29) is 22.3 Å². The molecule has 0 fully saturated rings. The van der Waals surface area contributed by atoms with Crippen LogP contribution in [0.2, 0.25) is 5.02 Å². The Morgan fingerprint density at radius 1 is 1.42 bits per heavy atom. The van der Waals surface area contributed by atoms with Crippen molar-refractivity contribution in [2.75, 3.05) is 5.73 Å². The van der Waals surface area contributed by atoms with Crippen molar-refractivity contribution in [1.82, 2.24) is 9.97 Å². The van der Waals surface area contributed by atoms with Crippen LogP contribution in [-0.2, 0) is 0 Å². The Kier molecular flexibility index (Phi) is 3.48. The predicted molar refractivity (Wildman–Crippen MR) is 69.4 cm³/mol. The highest BCUT2D eigenvalue weighted by molar-refractivity contribution is 6.32. The minimum atomic E-state index is -0.538. The Morgan fingerprint density at radius 3 is 2.79 bits per heavy atom. The fourth-order valence-corrected chi connectivity index (χ4v) is 1.55. The molecule has 1 heterocycles. The summed E-state index contributed by atoms with van der Waals surface area (Å²) in [5, 5.41) is 10.7. The van der Waals surface area contributed by atoms with Crippen LogP contribution in [-0.4, -0.2) is 14.9 Å². The van der Waals surface area contributed by atoms with E-state index in [2.05, 4.69) is 9.97 Å². The molecule has 0 bridgehead atoms. The number of hydrogen-bond donors (Lipinski definition) is 1. The van der Waals surface area contributed by atoms with Crippen LogP contribution in [0.15, 0.2) is 24.5 Å². The van der Waals surface area contributed by atoms with Crippen molar-refractivity contribution in [2.24, 2.45) is 0 Å². The van der Waals surface area contributed by atoms with E-state index in [4.69, 9.17) is 22.1 Å². The van der Waals surface area contributed by atoms with E-state index in [1.807, 2.05) is 0 Å². The van der Waals surface area contributed by atoms with Crippen molar-refractivity contribution in [3.05, 3.63) is 45.2 Å². The highest BCUT2D eigenvalue weighted by atomic mass is 35.5. The molecule has 8 heteroatoms. The molecule has 0 saturated carbocycles. The number of non-ortho nitro benzene ring substituents is 1. The zero-order valence-electron chi connectivity index (χ0n) is 9.83. The molecule has 0 aliphatic heterocycles. The SMILES string of the molecule is Cc1c(N)ncnc1Oc1ccc([N+](=O)[O-])cc1Cl. The summed E-state index contributed by atoms with van der Waals surface area (Å²) >= 11 is 5.91. The number of aromatic nitrogens is 2. The number of anilines is 1. The van der Waals surface area contributed by atoms with Crippen LogP contribution in [0.3, 0.4) is 0 Å². The highest BCUT2D eigenvalue weighted by Crippen LogP contribution is 2.33. The van der Waals surface area contributed by atoms with Crippen molar-refractivity contribution >= 4 is 23.1 Å². The zero-order valence-corrected chi connectivity index (χ0v) is 10.6. The number of ether oxygens (including phenoxy) is 1. The standard InChI is InChI=1S/C11H9ClN4O3/c1-6-10(13)14-5-15-11(6)19-9-3-2-7(16(17)18)4-8(9)12/h2-5H,1H3,(H2,13,14,15). The minimum Gasteiger partial charge on any atom is -0.437 e. The van der Waals surface area contributed by atoms with E-state index in [1.54, 1.807) is 6.92 Å². The number of nitro benzene ring substituents is 1. The van der Waals surface area contributed by atoms with E-state index >= 15 is 0 Å². The lowest BCUT2D eigenvalue weighted by molar-refractivity contribution is -0.384. The fraction of sp³-hybridized carbons (Fsp3) is 0.0909. The van der Waals surface area contributed by atoms with Crippen molar-refractivity contribution in [3.8, 4) is 11.6 Å². The number of benzene rings is 1. The lowest BCUT2D eigenvalue weighted by Crippen LogP contribution is -1.99. The van der Waals surface area contributed by atoms with Crippen LogP contribution in [0.1, 0.15) is 5.56 Å². The number of nitro groups is 1. The molecule has 0 radical (unpaired) electrons. The topological polar surface area (TPSA) is 104 Å². The van der Waals surface area contributed by atoms with Gasteiger partial charge in [0.25, 0.3) is 5.69 Å². The van der Waals surface area contributed by atoms with Gasteiger partial charge in [0.15, 0.2) is 0 Å². The maximum Gasteiger partial charge on any atom is 0.271 e. The zero-order chi connectivity index (χ0) is 14.0. The van der Waals surface area contributed by atoms with E-state index in [0.717, 1.165) is 0 Å². The number of nitrogens with two attached hydrogens (primary N) is 1. The predicted octanol–water partition coefficient (Wildman–Crippen LogP) is 2.72. The molecule has 0 saturated heterocycles. The molecule has 0 unspecified atom stereocenters. The summed E-state index contributed by atoms with van der Waals surface area (Å²) < 4.78 is 5.47. The maximum atomic E-state index is 10.6. The van der Waals surface area contributed by atoms with Gasteiger partial charge in [-0.1, -0.05) is 11.6 Å². The van der Waals surface area contributed by atoms with Crippen molar-refractivity contribution in [2.45, 2.75) is 6.92 Å². The molecule has 1 aromatic carbocycles. The molecule has 2 N–H and O–H groups in total. The first-order valence-corrected chi connectivity index (χ1v) is 5.55. The van der Waals surface area contributed by atoms with Gasteiger partial charge in [0.1, 0.15) is 17.9 Å². The van der Waals surface area contributed by atoms with E-state index in [9.17, 15) is 10.1 Å². The summed E-state index contributed by atoms with van der Waals surface area (Å²) in [5.74, 6) is 0.805. The van der Waals surface area contributed by atoms with Crippen LogP contribution in [0.5, 0.6) is 11.6 Å². The van der Waals surface area contributed by atoms with Gasteiger partial charge in [-0.05, 0) is 13.0 Å². The third kappa shape index (κ3) is 2.71. The lowest BCUT2D eigenvalue weighted by atomic mass is 10.3. The Balaban J connectivity index is 2.34. The summed E-state index contributed by atoms with van der Waals surface area (Å²) in [6.45, 7) is 1.70. The Hall–Kier alpha value is -2.41. The van der Waals surface area contributed by atoms with Gasteiger partial charge in [-0.25, -0.2) is 9.97 Å². The fourth-order valence-electron chi connectivity index (χ4n) is 1.34. The first-order valence-electron chi connectivity index (χ1n) is 5.18. The molecule has 0 spiro atoms.